The monoisotopic (exact) mass is 175 g/mol. The molecular weight excluding hydrogens is 162 g/mol. The highest BCUT2D eigenvalue weighted by atomic mass is 32.1. The van der Waals surface area contributed by atoms with Crippen molar-refractivity contribution >= 4 is 23.2 Å². The lowest BCUT2D eigenvalue weighted by atomic mass is 10.5. The van der Waals surface area contributed by atoms with E-state index in [0.717, 1.165) is 13.0 Å². The van der Waals surface area contributed by atoms with Gasteiger partial charge in [0.05, 0.1) is 6.61 Å². The molecule has 0 bridgehead atoms. The van der Waals surface area contributed by atoms with E-state index in [-0.39, 0.29) is 4.99 Å². The first-order chi connectivity index (χ1) is 5.22. The number of hydrogen-bond acceptors (Lipinski definition) is 3. The van der Waals surface area contributed by atoms with Crippen LogP contribution in [0.1, 0.15) is 20.3 Å². The van der Waals surface area contributed by atoms with Crippen molar-refractivity contribution in [3.63, 3.8) is 0 Å². The molecule has 0 heterocycles. The minimum atomic E-state index is -0.434. The molecule has 0 aliphatic carbocycles. The van der Waals surface area contributed by atoms with Crippen LogP contribution in [0, 0.1) is 0 Å². The molecule has 0 radical (unpaired) electrons. The molecule has 0 aromatic carbocycles. The van der Waals surface area contributed by atoms with Crippen LogP contribution in [-0.4, -0.2) is 24.1 Å². The fourth-order valence-electron chi connectivity index (χ4n) is 0.507. The average Bonchev–Trinajstić information content (AvgIpc) is 2.00. The Morgan fingerprint density at radius 2 is 2.18 bits per heavy atom. The summed E-state index contributed by atoms with van der Waals surface area (Å²) in [7, 11) is 0. The molecule has 3 nitrogen and oxygen atoms in total. The molecule has 1 N–H and O–H groups in total. The van der Waals surface area contributed by atoms with Crippen LogP contribution in [0.5, 0.6) is 0 Å². The Hall–Kier alpha value is -0.640. The first-order valence-electron chi connectivity index (χ1n) is 3.67. The van der Waals surface area contributed by atoms with Gasteiger partial charge in [0.25, 0.3) is 0 Å². The highest BCUT2D eigenvalue weighted by molar-refractivity contribution is 7.81. The first-order valence-corrected chi connectivity index (χ1v) is 4.08. The number of nitrogens with one attached hydrogen (secondary N) is 1. The minimum absolute atomic E-state index is 0.175. The fraction of sp³-hybridized carbons (Fsp3) is 0.714. The summed E-state index contributed by atoms with van der Waals surface area (Å²) < 4.78 is 4.66. The second-order valence-corrected chi connectivity index (χ2v) is 2.38. The minimum Gasteiger partial charge on any atom is -0.461 e. The van der Waals surface area contributed by atoms with Gasteiger partial charge < -0.3 is 10.1 Å². The van der Waals surface area contributed by atoms with Crippen LogP contribution in [0.25, 0.3) is 0 Å². The lowest BCUT2D eigenvalue weighted by Crippen LogP contribution is -2.31. The van der Waals surface area contributed by atoms with Crippen LogP contribution in [0.3, 0.4) is 0 Å². The second-order valence-electron chi connectivity index (χ2n) is 1.98. The molecule has 0 amide bonds. The molecule has 0 spiro atoms. The van der Waals surface area contributed by atoms with Crippen LogP contribution in [0.2, 0.25) is 0 Å². The molecule has 11 heavy (non-hydrogen) atoms. The number of carbonyl (C=O) groups excluding carboxylic acids is 1. The van der Waals surface area contributed by atoms with E-state index < -0.39 is 5.97 Å². The van der Waals surface area contributed by atoms with Crippen LogP contribution < -0.4 is 5.32 Å². The molecule has 0 aromatic heterocycles. The highest BCUT2D eigenvalue weighted by Crippen LogP contribution is 1.82. The Labute approximate surface area is 72.1 Å². The average molecular weight is 175 g/mol. The van der Waals surface area contributed by atoms with Crippen LogP contribution in [-0.2, 0) is 9.53 Å². The number of rotatable bonds is 3. The summed E-state index contributed by atoms with van der Waals surface area (Å²) in [5.41, 5.74) is 0. The van der Waals surface area contributed by atoms with Crippen LogP contribution in [0.15, 0.2) is 0 Å². The molecule has 0 fully saturated rings. The molecule has 0 saturated carbocycles. The molecule has 4 heteroatoms. The van der Waals surface area contributed by atoms with Crippen molar-refractivity contribution in [3.05, 3.63) is 0 Å². The van der Waals surface area contributed by atoms with E-state index in [9.17, 15) is 4.79 Å². The van der Waals surface area contributed by atoms with E-state index in [1.807, 2.05) is 6.92 Å². The van der Waals surface area contributed by atoms with Gasteiger partial charge in [-0.3, -0.25) is 0 Å². The van der Waals surface area contributed by atoms with Crippen molar-refractivity contribution in [2.45, 2.75) is 20.3 Å². The van der Waals surface area contributed by atoms with Crippen molar-refractivity contribution in [1.82, 2.24) is 5.32 Å². The highest BCUT2D eigenvalue weighted by Gasteiger charge is 2.07. The van der Waals surface area contributed by atoms with Crippen molar-refractivity contribution in [1.29, 1.82) is 0 Å². The van der Waals surface area contributed by atoms with Gasteiger partial charge >= 0.3 is 5.97 Å². The maximum absolute atomic E-state index is 10.8. The Bertz CT molecular complexity index is 147. The van der Waals surface area contributed by atoms with Crippen molar-refractivity contribution < 1.29 is 9.53 Å². The summed E-state index contributed by atoms with van der Waals surface area (Å²) in [6.07, 6.45) is 0.944. The number of ether oxygens (including phenoxy) is 1. The van der Waals surface area contributed by atoms with Crippen molar-refractivity contribution in [3.8, 4) is 0 Å². The molecule has 0 saturated heterocycles. The van der Waals surface area contributed by atoms with Crippen molar-refractivity contribution in [2.24, 2.45) is 0 Å². The predicted molar refractivity (Wildman–Crippen MR) is 47.5 cm³/mol. The number of carbonyl (C=O) groups is 1. The Morgan fingerprint density at radius 3 is 2.64 bits per heavy atom. The van der Waals surface area contributed by atoms with Gasteiger partial charge in [0.2, 0.25) is 0 Å². The third-order valence-corrected chi connectivity index (χ3v) is 1.31. The Balaban J connectivity index is 3.56. The SMILES string of the molecule is CCCNC(=S)C(=O)OCC. The van der Waals surface area contributed by atoms with E-state index in [4.69, 9.17) is 12.2 Å². The van der Waals surface area contributed by atoms with Gasteiger partial charge in [-0.1, -0.05) is 19.1 Å². The van der Waals surface area contributed by atoms with Gasteiger partial charge in [-0.05, 0) is 13.3 Å². The predicted octanol–water partition coefficient (Wildman–Crippen LogP) is 0.877. The van der Waals surface area contributed by atoms with Gasteiger partial charge in [-0.2, -0.15) is 0 Å². The largest absolute Gasteiger partial charge is 0.461 e. The molecule has 0 atom stereocenters. The molecule has 0 rings (SSSR count). The topological polar surface area (TPSA) is 38.3 Å². The number of hydrogen-bond donors (Lipinski definition) is 1. The molecule has 0 aliphatic rings. The lowest BCUT2D eigenvalue weighted by molar-refractivity contribution is -0.135. The summed E-state index contributed by atoms with van der Waals surface area (Å²) in [6, 6.07) is 0. The zero-order valence-corrected chi connectivity index (χ0v) is 7.66. The van der Waals surface area contributed by atoms with E-state index in [1.54, 1.807) is 6.92 Å². The van der Waals surface area contributed by atoms with E-state index in [2.05, 4.69) is 10.1 Å². The fourth-order valence-corrected chi connectivity index (χ4v) is 0.668. The van der Waals surface area contributed by atoms with Crippen LogP contribution in [0.4, 0.5) is 0 Å². The van der Waals surface area contributed by atoms with Gasteiger partial charge in [-0.15, -0.1) is 0 Å². The molecular formula is C7H13NO2S. The summed E-state index contributed by atoms with van der Waals surface area (Å²) in [4.78, 5) is 11.0. The summed E-state index contributed by atoms with van der Waals surface area (Å²) in [6.45, 7) is 4.84. The molecule has 0 aromatic rings. The smallest absolute Gasteiger partial charge is 0.365 e. The maximum Gasteiger partial charge on any atom is 0.365 e. The summed E-state index contributed by atoms with van der Waals surface area (Å²) >= 11 is 4.72. The zero-order valence-electron chi connectivity index (χ0n) is 6.85. The van der Waals surface area contributed by atoms with E-state index in [0.29, 0.717) is 6.61 Å². The standard InChI is InChI=1S/C7H13NO2S/c1-3-5-8-6(11)7(9)10-4-2/h3-5H2,1-2H3,(H,8,11). The van der Waals surface area contributed by atoms with E-state index >= 15 is 0 Å². The molecule has 64 valence electrons. The van der Waals surface area contributed by atoms with Crippen LogP contribution >= 0.6 is 12.2 Å². The van der Waals surface area contributed by atoms with Gasteiger partial charge in [0, 0.05) is 6.54 Å². The first kappa shape index (κ1) is 10.4. The number of esters is 1. The van der Waals surface area contributed by atoms with Crippen molar-refractivity contribution in [2.75, 3.05) is 13.2 Å². The molecule has 0 unspecified atom stereocenters. The lowest BCUT2D eigenvalue weighted by Gasteiger charge is -2.04. The summed E-state index contributed by atoms with van der Waals surface area (Å²) in [5.74, 6) is -0.434. The second kappa shape index (κ2) is 6.09. The summed E-state index contributed by atoms with van der Waals surface area (Å²) in [5, 5.41) is 2.77. The Morgan fingerprint density at radius 1 is 1.55 bits per heavy atom. The van der Waals surface area contributed by atoms with Gasteiger partial charge in [0.1, 0.15) is 0 Å². The quantitative estimate of drug-likeness (QED) is 0.510. The Kier molecular flexibility index (Phi) is 5.74. The van der Waals surface area contributed by atoms with Gasteiger partial charge in [-0.25, -0.2) is 4.79 Å². The molecule has 0 aliphatic heterocycles. The maximum atomic E-state index is 10.8. The third-order valence-electron chi connectivity index (χ3n) is 0.996. The zero-order chi connectivity index (χ0) is 8.69. The normalized spacial score (nSPS) is 8.91. The van der Waals surface area contributed by atoms with Gasteiger partial charge in [0.15, 0.2) is 4.99 Å². The van der Waals surface area contributed by atoms with E-state index in [1.165, 1.54) is 0 Å². The number of thiocarbonyl (C=S) groups is 1. The third kappa shape index (κ3) is 4.72.